The SMILES string of the molecule is CCOC1CC(NCCCN2C(=O)CNC2=O)C12CCCCC2. The van der Waals surface area contributed by atoms with E-state index in [1.165, 1.54) is 37.0 Å². The van der Waals surface area contributed by atoms with Gasteiger partial charge in [0.05, 0.1) is 12.6 Å². The van der Waals surface area contributed by atoms with Gasteiger partial charge in [-0.15, -0.1) is 0 Å². The molecule has 1 spiro atoms. The first kappa shape index (κ1) is 16.7. The van der Waals surface area contributed by atoms with E-state index in [0.29, 0.717) is 24.1 Å². The highest BCUT2D eigenvalue weighted by molar-refractivity contribution is 6.01. The molecule has 1 heterocycles. The molecule has 130 valence electrons. The molecule has 1 saturated heterocycles. The van der Waals surface area contributed by atoms with E-state index in [1.54, 1.807) is 0 Å². The van der Waals surface area contributed by atoms with Crippen molar-refractivity contribution >= 4 is 11.9 Å². The van der Waals surface area contributed by atoms with E-state index in [9.17, 15) is 9.59 Å². The van der Waals surface area contributed by atoms with Crippen molar-refractivity contribution in [1.82, 2.24) is 15.5 Å². The number of amides is 3. The molecule has 0 aromatic heterocycles. The van der Waals surface area contributed by atoms with Crippen molar-refractivity contribution in [2.45, 2.75) is 64.0 Å². The van der Waals surface area contributed by atoms with E-state index >= 15 is 0 Å². The number of carbonyl (C=O) groups is 2. The standard InChI is InChI=1S/C17H29N3O3/c1-2-23-14-11-13(17(14)7-4-3-5-8-17)18-9-6-10-20-15(21)12-19-16(20)22/h13-14,18H,2-12H2,1H3,(H,19,22). The van der Waals surface area contributed by atoms with Crippen LogP contribution in [0.4, 0.5) is 4.79 Å². The van der Waals surface area contributed by atoms with Crippen molar-refractivity contribution in [3.63, 3.8) is 0 Å². The predicted molar refractivity (Wildman–Crippen MR) is 87.1 cm³/mol. The van der Waals surface area contributed by atoms with Gasteiger partial charge in [0, 0.05) is 24.6 Å². The van der Waals surface area contributed by atoms with Crippen molar-refractivity contribution in [2.75, 3.05) is 26.2 Å². The van der Waals surface area contributed by atoms with Crippen LogP contribution in [0.2, 0.25) is 0 Å². The Bertz CT molecular complexity index is 432. The van der Waals surface area contributed by atoms with Gasteiger partial charge in [-0.25, -0.2) is 4.79 Å². The monoisotopic (exact) mass is 323 g/mol. The molecular weight excluding hydrogens is 294 g/mol. The maximum absolute atomic E-state index is 11.5. The lowest BCUT2D eigenvalue weighted by Gasteiger charge is -2.58. The van der Waals surface area contributed by atoms with Crippen LogP contribution in [0.5, 0.6) is 0 Å². The zero-order chi connectivity index (χ0) is 16.3. The van der Waals surface area contributed by atoms with Crippen LogP contribution in [0.15, 0.2) is 0 Å². The molecule has 3 aliphatic rings. The molecule has 23 heavy (non-hydrogen) atoms. The lowest BCUT2D eigenvalue weighted by Crippen LogP contribution is -2.64. The van der Waals surface area contributed by atoms with E-state index in [1.807, 2.05) is 0 Å². The zero-order valence-corrected chi connectivity index (χ0v) is 14.1. The number of nitrogens with zero attached hydrogens (tertiary/aromatic N) is 1. The molecule has 3 rings (SSSR count). The van der Waals surface area contributed by atoms with Crippen LogP contribution in [0.3, 0.4) is 0 Å². The molecule has 1 aliphatic heterocycles. The average molecular weight is 323 g/mol. The van der Waals surface area contributed by atoms with Gasteiger partial charge in [-0.1, -0.05) is 19.3 Å². The number of rotatable bonds is 7. The summed E-state index contributed by atoms with van der Waals surface area (Å²) in [6.45, 7) is 4.38. The molecule has 3 fully saturated rings. The van der Waals surface area contributed by atoms with E-state index in [0.717, 1.165) is 26.0 Å². The van der Waals surface area contributed by atoms with Gasteiger partial charge in [-0.05, 0) is 39.2 Å². The van der Waals surface area contributed by atoms with Crippen molar-refractivity contribution in [3.05, 3.63) is 0 Å². The number of urea groups is 1. The van der Waals surface area contributed by atoms with Gasteiger partial charge < -0.3 is 15.4 Å². The largest absolute Gasteiger partial charge is 0.378 e. The summed E-state index contributed by atoms with van der Waals surface area (Å²) < 4.78 is 5.97. The first-order valence-electron chi connectivity index (χ1n) is 9.10. The Kier molecular flexibility index (Phi) is 5.21. The van der Waals surface area contributed by atoms with Gasteiger partial charge >= 0.3 is 6.03 Å². The third-order valence-corrected chi connectivity index (χ3v) is 5.82. The minimum Gasteiger partial charge on any atom is -0.378 e. The maximum Gasteiger partial charge on any atom is 0.324 e. The van der Waals surface area contributed by atoms with Gasteiger partial charge in [0.25, 0.3) is 0 Å². The lowest BCUT2D eigenvalue weighted by atomic mass is 9.55. The summed E-state index contributed by atoms with van der Waals surface area (Å²) in [5.41, 5.74) is 0.328. The predicted octanol–water partition coefficient (Wildman–Crippen LogP) is 1.65. The minimum absolute atomic E-state index is 0.112. The van der Waals surface area contributed by atoms with E-state index < -0.39 is 0 Å². The highest BCUT2D eigenvalue weighted by Crippen LogP contribution is 2.53. The molecule has 2 unspecified atom stereocenters. The highest BCUT2D eigenvalue weighted by Gasteiger charge is 2.55. The quantitative estimate of drug-likeness (QED) is 0.552. The summed E-state index contributed by atoms with van der Waals surface area (Å²) in [5, 5.41) is 6.23. The summed E-state index contributed by atoms with van der Waals surface area (Å²) in [4.78, 5) is 24.4. The lowest BCUT2D eigenvalue weighted by molar-refractivity contribution is -0.149. The van der Waals surface area contributed by atoms with Crippen LogP contribution in [0, 0.1) is 5.41 Å². The number of imide groups is 1. The van der Waals surface area contributed by atoms with Crippen LogP contribution in [-0.4, -0.2) is 55.2 Å². The smallest absolute Gasteiger partial charge is 0.324 e. The Balaban J connectivity index is 1.44. The molecule has 0 aromatic carbocycles. The van der Waals surface area contributed by atoms with Crippen molar-refractivity contribution in [3.8, 4) is 0 Å². The summed E-state index contributed by atoms with van der Waals surface area (Å²) in [7, 11) is 0. The van der Waals surface area contributed by atoms with Crippen molar-refractivity contribution in [1.29, 1.82) is 0 Å². The highest BCUT2D eigenvalue weighted by atomic mass is 16.5. The normalized spacial score (nSPS) is 29.7. The Labute approximate surface area is 138 Å². The third kappa shape index (κ3) is 3.24. The molecule has 2 N–H and O–H groups in total. The summed E-state index contributed by atoms with van der Waals surface area (Å²) in [6, 6.07) is 0.279. The second-order valence-electron chi connectivity index (χ2n) is 7.04. The van der Waals surface area contributed by atoms with Crippen LogP contribution in [0.1, 0.15) is 51.9 Å². The molecule has 0 bridgehead atoms. The van der Waals surface area contributed by atoms with Crippen molar-refractivity contribution < 1.29 is 14.3 Å². The fraction of sp³-hybridized carbons (Fsp3) is 0.882. The third-order valence-electron chi connectivity index (χ3n) is 5.82. The summed E-state index contributed by atoms with van der Waals surface area (Å²) in [6.07, 6.45) is 8.82. The number of hydrogen-bond acceptors (Lipinski definition) is 4. The first-order chi connectivity index (χ1) is 11.2. The topological polar surface area (TPSA) is 70.7 Å². The van der Waals surface area contributed by atoms with Gasteiger partial charge in [0.15, 0.2) is 0 Å². The van der Waals surface area contributed by atoms with Gasteiger partial charge in [0.1, 0.15) is 0 Å². The molecule has 2 aliphatic carbocycles. The van der Waals surface area contributed by atoms with Gasteiger partial charge in [-0.2, -0.15) is 0 Å². The van der Waals surface area contributed by atoms with E-state index in [2.05, 4.69) is 17.6 Å². The maximum atomic E-state index is 11.5. The average Bonchev–Trinajstić information content (AvgIpc) is 2.89. The summed E-state index contributed by atoms with van der Waals surface area (Å²) >= 11 is 0. The molecule has 3 amide bonds. The molecule has 2 saturated carbocycles. The van der Waals surface area contributed by atoms with Gasteiger partial charge in [0.2, 0.25) is 5.91 Å². The number of carbonyl (C=O) groups excluding carboxylic acids is 2. The number of hydrogen-bond donors (Lipinski definition) is 2. The Morgan fingerprint density at radius 2 is 2.09 bits per heavy atom. The molecule has 0 radical (unpaired) electrons. The van der Waals surface area contributed by atoms with Crippen LogP contribution >= 0.6 is 0 Å². The fourth-order valence-electron chi connectivity index (χ4n) is 4.54. The molecular formula is C17H29N3O3. The molecule has 2 atom stereocenters. The Hall–Kier alpha value is -1.14. The fourth-order valence-corrected chi connectivity index (χ4v) is 4.54. The van der Waals surface area contributed by atoms with Crippen LogP contribution in [0.25, 0.3) is 0 Å². The van der Waals surface area contributed by atoms with Gasteiger partial charge in [-0.3, -0.25) is 9.69 Å². The second-order valence-corrected chi connectivity index (χ2v) is 7.04. The Morgan fingerprint density at radius 1 is 1.30 bits per heavy atom. The second kappa shape index (κ2) is 7.18. The molecule has 6 heteroatoms. The number of ether oxygens (including phenoxy) is 1. The zero-order valence-electron chi connectivity index (χ0n) is 14.1. The summed E-state index contributed by atoms with van der Waals surface area (Å²) in [5.74, 6) is -0.112. The number of nitrogens with one attached hydrogen (secondary N) is 2. The van der Waals surface area contributed by atoms with Crippen LogP contribution in [-0.2, 0) is 9.53 Å². The minimum atomic E-state index is -0.251. The van der Waals surface area contributed by atoms with Crippen molar-refractivity contribution in [2.24, 2.45) is 5.41 Å². The van der Waals surface area contributed by atoms with E-state index in [4.69, 9.17) is 4.74 Å². The first-order valence-corrected chi connectivity index (χ1v) is 9.10. The van der Waals surface area contributed by atoms with E-state index in [-0.39, 0.29) is 18.5 Å². The molecule has 6 nitrogen and oxygen atoms in total. The Morgan fingerprint density at radius 3 is 2.74 bits per heavy atom. The van der Waals surface area contributed by atoms with Crippen LogP contribution < -0.4 is 10.6 Å². The molecule has 0 aromatic rings.